The Bertz CT molecular complexity index is 48.1. The van der Waals surface area contributed by atoms with Crippen LogP contribution in [0.1, 0.15) is 20.3 Å². The van der Waals surface area contributed by atoms with Crippen LogP contribution in [0.15, 0.2) is 6.08 Å². The van der Waals surface area contributed by atoms with E-state index in [4.69, 9.17) is 11.4 Å². The van der Waals surface area contributed by atoms with Crippen molar-refractivity contribution in [2.75, 3.05) is 7.11 Å². The van der Waals surface area contributed by atoms with Crippen molar-refractivity contribution >= 4 is 6.47 Å². The molecule has 0 aromatic rings. The van der Waals surface area contributed by atoms with Crippen LogP contribution in [0.3, 0.4) is 0 Å². The number of hydrogen-bond donors (Lipinski definition) is 0. The summed E-state index contributed by atoms with van der Waals surface area (Å²) >= 11 is 0. The van der Waals surface area contributed by atoms with Gasteiger partial charge < -0.3 is 24.3 Å². The molecule has 0 aromatic carbocycles. The minimum Gasteiger partial charge on any atom is -0.520 e. The zero-order valence-electron chi connectivity index (χ0n) is 7.96. The number of methoxy groups -OCH3 is 1. The summed E-state index contributed by atoms with van der Waals surface area (Å²) in [5.41, 5.74) is 0. The topological polar surface area (TPSA) is 26.3 Å². The van der Waals surface area contributed by atoms with Crippen molar-refractivity contribution in [3.8, 4) is 0 Å². The Kier molecular flexibility index (Phi) is 99.9. The van der Waals surface area contributed by atoms with Crippen molar-refractivity contribution in [1.82, 2.24) is 0 Å². The van der Waals surface area contributed by atoms with Gasteiger partial charge in [0.15, 0.2) is 0 Å². The van der Waals surface area contributed by atoms with Crippen LogP contribution in [0, 0.1) is 13.5 Å². The van der Waals surface area contributed by atoms with Crippen LogP contribution >= 0.6 is 0 Å². The molecule has 0 fully saturated rings. The van der Waals surface area contributed by atoms with Crippen molar-refractivity contribution in [3.63, 3.8) is 0 Å². The van der Waals surface area contributed by atoms with Crippen LogP contribution in [-0.4, -0.2) is 13.6 Å². The van der Waals surface area contributed by atoms with Gasteiger partial charge in [-0.2, -0.15) is 6.42 Å². The van der Waals surface area contributed by atoms with Crippen LogP contribution < -0.4 is 29.6 Å². The third-order valence-corrected chi connectivity index (χ3v) is 0.263. The fraction of sp³-hybridized carbons (Fsp3) is 0.500. The zero-order valence-corrected chi connectivity index (χ0v) is 9.96. The quantitative estimate of drug-likeness (QED) is 0.300. The molecule has 0 aliphatic carbocycles. The maximum Gasteiger partial charge on any atom is 1.00 e. The molecule has 3 heteroatoms. The monoisotopic (exact) mass is 167 g/mol. The van der Waals surface area contributed by atoms with Crippen LogP contribution in [0.25, 0.3) is 0 Å². The van der Waals surface area contributed by atoms with Crippen LogP contribution in [0.5, 0.6) is 0 Å². The number of allylic oxidation sites excluding steroid dienone is 1. The molecule has 0 atom stereocenters. The molecule has 0 aliphatic heterocycles. The molecule has 62 valence electrons. The molecule has 0 bridgehead atoms. The molecular formula is C8H16NaO2-. The molecule has 0 saturated heterocycles. The van der Waals surface area contributed by atoms with E-state index in [1.165, 1.54) is 13.2 Å². The van der Waals surface area contributed by atoms with Crippen molar-refractivity contribution in [1.29, 1.82) is 0 Å². The van der Waals surface area contributed by atoms with E-state index in [-0.39, 0.29) is 29.6 Å². The van der Waals surface area contributed by atoms with E-state index in [0.717, 1.165) is 6.42 Å². The average molecular weight is 167 g/mol. The van der Waals surface area contributed by atoms with Crippen LogP contribution in [0.2, 0.25) is 0 Å². The first-order valence-electron chi connectivity index (χ1n) is 3.12. The van der Waals surface area contributed by atoms with Gasteiger partial charge in [0.1, 0.15) is 0 Å². The summed E-state index contributed by atoms with van der Waals surface area (Å²) in [6, 6.07) is 0. The Morgan fingerprint density at radius 3 is 1.73 bits per heavy atom. The van der Waals surface area contributed by atoms with Crippen molar-refractivity contribution < 1.29 is 39.1 Å². The third-order valence-electron chi connectivity index (χ3n) is 0.263. The zero-order chi connectivity index (χ0) is 8.83. The second kappa shape index (κ2) is 48.9. The second-order valence-electron chi connectivity index (χ2n) is 0.856. The fourth-order valence-corrected chi connectivity index (χ4v) is 0. The first kappa shape index (κ1) is 22.5. The molecular weight excluding hydrogens is 151 g/mol. The minimum atomic E-state index is 0. The summed E-state index contributed by atoms with van der Waals surface area (Å²) in [5.74, 6) is 0. The minimum absolute atomic E-state index is 0. The van der Waals surface area contributed by atoms with Crippen LogP contribution in [-0.2, 0) is 9.53 Å². The van der Waals surface area contributed by atoms with Crippen molar-refractivity contribution in [2.45, 2.75) is 20.3 Å². The summed E-state index contributed by atoms with van der Waals surface area (Å²) in [6.45, 7) is 12.6. The number of hydrogen-bond acceptors (Lipinski definition) is 2. The molecule has 0 aromatic heterocycles. The summed E-state index contributed by atoms with van der Waals surface area (Å²) in [7, 11) is 1.31. The Hall–Kier alpha value is 0.210. The van der Waals surface area contributed by atoms with Crippen molar-refractivity contribution in [2.24, 2.45) is 0 Å². The van der Waals surface area contributed by atoms with Crippen LogP contribution in [0.4, 0.5) is 0 Å². The molecule has 0 rings (SSSR count). The van der Waals surface area contributed by atoms with Gasteiger partial charge in [-0.1, -0.05) is 13.8 Å². The summed E-state index contributed by atoms with van der Waals surface area (Å²) < 4.78 is 3.86. The standard InChI is InChI=1S/C4H6.C2H4O2.C2H6.Na/c1-3-4-2;1-4-2-3;1-2;/h1,3H,2,4H2;2H,1H3;1-2H3;/q-2;;;+1. The second-order valence-corrected chi connectivity index (χ2v) is 0.856. The van der Waals surface area contributed by atoms with Gasteiger partial charge in [-0.15, -0.1) is 0 Å². The molecule has 0 aliphatic rings. The number of carbonyl (C=O) groups excluding carboxylic acids is 1. The molecule has 0 heterocycles. The molecule has 11 heavy (non-hydrogen) atoms. The van der Waals surface area contributed by atoms with Gasteiger partial charge in [-0.05, 0) is 0 Å². The van der Waals surface area contributed by atoms with Gasteiger partial charge in [0.2, 0.25) is 0 Å². The number of ether oxygens (including phenoxy) is 1. The molecule has 0 spiro atoms. The maximum absolute atomic E-state index is 8.95. The Labute approximate surface area is 92.3 Å². The SMILES string of the molecule is CC.COC=O.[CH-]=CC[CH2-].[Na+]. The van der Waals surface area contributed by atoms with Crippen molar-refractivity contribution in [3.05, 3.63) is 19.6 Å². The molecule has 2 nitrogen and oxygen atoms in total. The number of rotatable bonds is 2. The molecule has 0 unspecified atom stereocenters. The maximum atomic E-state index is 8.95. The van der Waals surface area contributed by atoms with E-state index < -0.39 is 0 Å². The fourth-order valence-electron chi connectivity index (χ4n) is 0. The third kappa shape index (κ3) is 141. The van der Waals surface area contributed by atoms with Gasteiger partial charge in [0, 0.05) is 0 Å². The average Bonchev–Trinajstić information content (AvgIpc) is 2.08. The van der Waals surface area contributed by atoms with E-state index in [2.05, 4.69) is 11.7 Å². The largest absolute Gasteiger partial charge is 1.00 e. The Morgan fingerprint density at radius 2 is 1.73 bits per heavy atom. The van der Waals surface area contributed by atoms with E-state index in [1.54, 1.807) is 0 Å². The molecule has 0 amide bonds. The first-order chi connectivity index (χ1) is 4.83. The summed E-state index contributed by atoms with van der Waals surface area (Å²) in [5, 5.41) is 0. The predicted molar refractivity (Wildman–Crippen MR) is 43.3 cm³/mol. The predicted octanol–water partition coefficient (Wildman–Crippen LogP) is -0.981. The van der Waals surface area contributed by atoms with Gasteiger partial charge in [-0.25, -0.2) is 0 Å². The first-order valence-corrected chi connectivity index (χ1v) is 3.12. The van der Waals surface area contributed by atoms with Gasteiger partial charge in [-0.3, -0.25) is 4.79 Å². The summed E-state index contributed by atoms with van der Waals surface area (Å²) in [4.78, 5) is 8.95. The Morgan fingerprint density at radius 1 is 1.55 bits per heavy atom. The normalized spacial score (nSPS) is 4.73. The summed E-state index contributed by atoms with van der Waals surface area (Å²) in [6.07, 6.45) is 2.24. The smallest absolute Gasteiger partial charge is 0.520 e. The van der Waals surface area contributed by atoms with E-state index in [9.17, 15) is 0 Å². The van der Waals surface area contributed by atoms with E-state index in [0.29, 0.717) is 6.47 Å². The number of carbonyl (C=O) groups is 1. The van der Waals surface area contributed by atoms with Gasteiger partial charge in [0.25, 0.3) is 6.47 Å². The van der Waals surface area contributed by atoms with Gasteiger partial charge in [0.05, 0.1) is 7.11 Å². The van der Waals surface area contributed by atoms with E-state index in [1.807, 2.05) is 13.8 Å². The molecule has 0 radical (unpaired) electrons. The molecule has 0 N–H and O–H groups in total. The van der Waals surface area contributed by atoms with Gasteiger partial charge >= 0.3 is 29.6 Å². The van der Waals surface area contributed by atoms with E-state index >= 15 is 0 Å². The Balaban J connectivity index is -0.0000000339. The molecule has 0 saturated carbocycles.